The molecular formula is C8H12N4O2. The fourth-order valence-electron chi connectivity index (χ4n) is 1.41. The van der Waals surface area contributed by atoms with Crippen LogP contribution in [0.25, 0.3) is 0 Å². The number of nitrogens with two attached hydrogens (primary N) is 1. The Morgan fingerprint density at radius 2 is 2.29 bits per heavy atom. The summed E-state index contributed by atoms with van der Waals surface area (Å²) in [6.07, 6.45) is 0. The summed E-state index contributed by atoms with van der Waals surface area (Å²) < 4.78 is 4.79. The SMILES string of the molecule is Nc1cc(C(=O)N2CCNCC2)on1. The Morgan fingerprint density at radius 1 is 1.57 bits per heavy atom. The van der Waals surface area contributed by atoms with E-state index in [9.17, 15) is 4.79 Å². The number of nitrogens with zero attached hydrogens (tertiary/aromatic N) is 2. The third-order valence-corrected chi connectivity index (χ3v) is 2.14. The smallest absolute Gasteiger partial charge is 0.292 e. The van der Waals surface area contributed by atoms with E-state index in [1.54, 1.807) is 4.90 Å². The van der Waals surface area contributed by atoms with Crippen molar-refractivity contribution in [3.8, 4) is 0 Å². The number of carbonyl (C=O) groups excluding carboxylic acids is 1. The van der Waals surface area contributed by atoms with Gasteiger partial charge in [-0.2, -0.15) is 0 Å². The average Bonchev–Trinajstić information content (AvgIpc) is 2.65. The molecule has 0 saturated carbocycles. The van der Waals surface area contributed by atoms with Gasteiger partial charge in [-0.3, -0.25) is 4.79 Å². The molecule has 0 spiro atoms. The molecule has 2 heterocycles. The zero-order valence-electron chi connectivity index (χ0n) is 7.69. The summed E-state index contributed by atoms with van der Waals surface area (Å²) >= 11 is 0. The monoisotopic (exact) mass is 196 g/mol. The van der Waals surface area contributed by atoms with Crippen LogP contribution in [0.3, 0.4) is 0 Å². The standard InChI is InChI=1S/C8H12N4O2/c9-7-5-6(14-11-7)8(13)12-3-1-10-2-4-12/h5,10H,1-4H2,(H2,9,11). The van der Waals surface area contributed by atoms with Crippen molar-refractivity contribution in [1.82, 2.24) is 15.4 Å². The summed E-state index contributed by atoms with van der Waals surface area (Å²) in [5, 5.41) is 6.63. The lowest BCUT2D eigenvalue weighted by atomic mass is 10.3. The van der Waals surface area contributed by atoms with Gasteiger partial charge in [-0.1, -0.05) is 5.16 Å². The Morgan fingerprint density at radius 3 is 2.86 bits per heavy atom. The average molecular weight is 196 g/mol. The largest absolute Gasteiger partial charge is 0.381 e. The van der Waals surface area contributed by atoms with Crippen LogP contribution in [0.15, 0.2) is 10.6 Å². The summed E-state index contributed by atoms with van der Waals surface area (Å²) in [4.78, 5) is 13.4. The Balaban J connectivity index is 2.07. The first-order valence-corrected chi connectivity index (χ1v) is 4.49. The van der Waals surface area contributed by atoms with E-state index in [-0.39, 0.29) is 17.5 Å². The summed E-state index contributed by atoms with van der Waals surface area (Å²) in [5.41, 5.74) is 5.36. The van der Waals surface area contributed by atoms with Gasteiger partial charge in [0.25, 0.3) is 5.91 Å². The van der Waals surface area contributed by atoms with Gasteiger partial charge in [-0.25, -0.2) is 0 Å². The van der Waals surface area contributed by atoms with E-state index in [0.717, 1.165) is 13.1 Å². The molecule has 14 heavy (non-hydrogen) atoms. The van der Waals surface area contributed by atoms with Crippen molar-refractivity contribution in [3.05, 3.63) is 11.8 Å². The van der Waals surface area contributed by atoms with Crippen LogP contribution in [-0.2, 0) is 0 Å². The van der Waals surface area contributed by atoms with E-state index in [1.807, 2.05) is 0 Å². The number of rotatable bonds is 1. The molecule has 1 aromatic rings. The molecule has 0 bridgehead atoms. The molecule has 1 saturated heterocycles. The highest BCUT2D eigenvalue weighted by Gasteiger charge is 2.21. The first-order chi connectivity index (χ1) is 6.77. The maximum atomic E-state index is 11.7. The van der Waals surface area contributed by atoms with Crippen LogP contribution in [0.2, 0.25) is 0 Å². The van der Waals surface area contributed by atoms with Crippen LogP contribution in [0.5, 0.6) is 0 Å². The number of hydrogen-bond acceptors (Lipinski definition) is 5. The number of anilines is 1. The fourth-order valence-corrected chi connectivity index (χ4v) is 1.41. The minimum absolute atomic E-state index is 0.143. The van der Waals surface area contributed by atoms with Crippen LogP contribution < -0.4 is 11.1 Å². The predicted octanol–water partition coefficient (Wildman–Crippen LogP) is -0.698. The fraction of sp³-hybridized carbons (Fsp3) is 0.500. The van der Waals surface area contributed by atoms with Gasteiger partial charge in [0.05, 0.1) is 0 Å². The predicted molar refractivity (Wildman–Crippen MR) is 49.7 cm³/mol. The Hall–Kier alpha value is -1.56. The van der Waals surface area contributed by atoms with E-state index in [2.05, 4.69) is 10.5 Å². The summed E-state index contributed by atoms with van der Waals surface area (Å²) in [7, 11) is 0. The zero-order valence-corrected chi connectivity index (χ0v) is 7.69. The molecule has 0 atom stereocenters. The molecule has 0 aromatic carbocycles. The van der Waals surface area contributed by atoms with E-state index in [1.165, 1.54) is 6.07 Å². The number of hydrogen-bond donors (Lipinski definition) is 2. The quantitative estimate of drug-likeness (QED) is 0.620. The molecule has 1 aliphatic heterocycles. The number of piperazine rings is 1. The number of nitrogen functional groups attached to an aromatic ring is 1. The van der Waals surface area contributed by atoms with Crippen molar-refractivity contribution in [2.45, 2.75) is 0 Å². The Labute approximate surface area is 81.0 Å². The molecule has 6 nitrogen and oxygen atoms in total. The van der Waals surface area contributed by atoms with Gasteiger partial charge in [0.1, 0.15) is 0 Å². The van der Waals surface area contributed by atoms with Crippen LogP contribution in [0.1, 0.15) is 10.6 Å². The van der Waals surface area contributed by atoms with Gasteiger partial charge in [0, 0.05) is 32.2 Å². The molecular weight excluding hydrogens is 184 g/mol. The van der Waals surface area contributed by atoms with Gasteiger partial charge >= 0.3 is 0 Å². The number of nitrogens with one attached hydrogen (secondary N) is 1. The second kappa shape index (κ2) is 3.67. The maximum absolute atomic E-state index is 11.7. The Kier molecular flexibility index (Phi) is 2.36. The molecule has 1 aliphatic rings. The summed E-state index contributed by atoms with van der Waals surface area (Å²) in [6, 6.07) is 1.45. The molecule has 3 N–H and O–H groups in total. The molecule has 1 amide bonds. The van der Waals surface area contributed by atoms with Crippen LogP contribution >= 0.6 is 0 Å². The summed E-state index contributed by atoms with van der Waals surface area (Å²) in [6.45, 7) is 3.02. The van der Waals surface area contributed by atoms with Gasteiger partial charge in [0.2, 0.25) is 5.76 Å². The first kappa shape index (κ1) is 9.01. The molecule has 2 rings (SSSR count). The third-order valence-electron chi connectivity index (χ3n) is 2.14. The number of amides is 1. The highest BCUT2D eigenvalue weighted by Crippen LogP contribution is 2.08. The number of aromatic nitrogens is 1. The normalized spacial score (nSPS) is 17.0. The van der Waals surface area contributed by atoms with E-state index < -0.39 is 0 Å². The van der Waals surface area contributed by atoms with Crippen molar-refractivity contribution in [1.29, 1.82) is 0 Å². The molecule has 0 unspecified atom stereocenters. The summed E-state index contributed by atoms with van der Waals surface area (Å²) in [5.74, 6) is 0.309. The first-order valence-electron chi connectivity index (χ1n) is 4.49. The molecule has 1 fully saturated rings. The molecule has 0 aliphatic carbocycles. The minimum atomic E-state index is -0.143. The lowest BCUT2D eigenvalue weighted by molar-refractivity contribution is 0.0694. The third kappa shape index (κ3) is 1.69. The van der Waals surface area contributed by atoms with Crippen molar-refractivity contribution in [2.75, 3.05) is 31.9 Å². The molecule has 0 radical (unpaired) electrons. The van der Waals surface area contributed by atoms with Crippen LogP contribution in [0.4, 0.5) is 5.82 Å². The van der Waals surface area contributed by atoms with Gasteiger partial charge < -0.3 is 20.5 Å². The van der Waals surface area contributed by atoms with Crippen LogP contribution in [-0.4, -0.2) is 42.1 Å². The van der Waals surface area contributed by atoms with Gasteiger partial charge in [-0.15, -0.1) is 0 Å². The van der Waals surface area contributed by atoms with E-state index in [4.69, 9.17) is 10.3 Å². The minimum Gasteiger partial charge on any atom is -0.381 e. The maximum Gasteiger partial charge on any atom is 0.292 e. The lowest BCUT2D eigenvalue weighted by Gasteiger charge is -2.26. The molecule has 1 aromatic heterocycles. The highest BCUT2D eigenvalue weighted by atomic mass is 16.5. The van der Waals surface area contributed by atoms with Gasteiger partial charge in [-0.05, 0) is 0 Å². The molecule has 76 valence electrons. The van der Waals surface area contributed by atoms with Gasteiger partial charge in [0.15, 0.2) is 5.82 Å². The Bertz CT molecular complexity index is 330. The van der Waals surface area contributed by atoms with E-state index >= 15 is 0 Å². The van der Waals surface area contributed by atoms with Crippen molar-refractivity contribution in [2.24, 2.45) is 0 Å². The number of carbonyl (C=O) groups is 1. The lowest BCUT2D eigenvalue weighted by Crippen LogP contribution is -2.46. The topological polar surface area (TPSA) is 84.4 Å². The van der Waals surface area contributed by atoms with E-state index in [0.29, 0.717) is 13.1 Å². The second-order valence-electron chi connectivity index (χ2n) is 3.16. The van der Waals surface area contributed by atoms with Crippen LogP contribution in [0, 0.1) is 0 Å². The van der Waals surface area contributed by atoms with Crippen molar-refractivity contribution >= 4 is 11.7 Å². The zero-order chi connectivity index (χ0) is 9.97. The highest BCUT2D eigenvalue weighted by molar-refractivity contribution is 5.92. The van der Waals surface area contributed by atoms with Crippen molar-refractivity contribution < 1.29 is 9.32 Å². The second-order valence-corrected chi connectivity index (χ2v) is 3.16. The van der Waals surface area contributed by atoms with Crippen molar-refractivity contribution in [3.63, 3.8) is 0 Å². The molecule has 6 heteroatoms.